The van der Waals surface area contributed by atoms with Crippen LogP contribution in [0.4, 0.5) is 4.39 Å². The van der Waals surface area contributed by atoms with Gasteiger partial charge in [0, 0.05) is 6.04 Å². The van der Waals surface area contributed by atoms with Crippen LogP contribution in [0.1, 0.15) is 51.3 Å². The van der Waals surface area contributed by atoms with Crippen molar-refractivity contribution in [2.24, 2.45) is 0 Å². The van der Waals surface area contributed by atoms with Crippen molar-refractivity contribution in [1.29, 1.82) is 0 Å². The zero-order valence-electron chi connectivity index (χ0n) is 12.0. The molecular formula is C16H21FN2O. The molecule has 3 nitrogen and oxygen atoms in total. The molecule has 2 fully saturated rings. The fourth-order valence-electron chi connectivity index (χ4n) is 3.19. The van der Waals surface area contributed by atoms with Crippen molar-refractivity contribution >= 4 is 5.91 Å². The van der Waals surface area contributed by atoms with E-state index >= 15 is 0 Å². The standard InChI is InChI=1S/C16H21FN2O/c1-3-13(4-2)19-14(11-5-7-12(17)8-6-11)18-16(9-10-16)15(19)20/h5-8,13-14,18H,3-4,9-10H2,1-2H3. The summed E-state index contributed by atoms with van der Waals surface area (Å²) < 4.78 is 13.1. The summed E-state index contributed by atoms with van der Waals surface area (Å²) in [4.78, 5) is 14.7. The molecule has 0 bridgehead atoms. The molecule has 1 spiro atoms. The first-order valence-electron chi connectivity index (χ1n) is 7.47. The molecule has 1 aromatic rings. The van der Waals surface area contributed by atoms with Crippen molar-refractivity contribution in [3.63, 3.8) is 0 Å². The molecule has 108 valence electrons. The highest BCUT2D eigenvalue weighted by Gasteiger charge is 2.60. The SMILES string of the molecule is CCC(CC)N1C(=O)C2(CC2)NC1c1ccc(F)cc1. The Kier molecular flexibility index (Phi) is 3.28. The number of rotatable bonds is 4. The molecule has 4 heteroatoms. The maximum Gasteiger partial charge on any atom is 0.244 e. The zero-order chi connectivity index (χ0) is 14.3. The molecule has 1 amide bonds. The number of hydrogen-bond acceptors (Lipinski definition) is 2. The average molecular weight is 276 g/mol. The predicted octanol–water partition coefficient (Wildman–Crippen LogP) is 2.98. The normalized spacial score (nSPS) is 23.9. The Morgan fingerprint density at radius 1 is 1.30 bits per heavy atom. The quantitative estimate of drug-likeness (QED) is 0.917. The van der Waals surface area contributed by atoms with Crippen molar-refractivity contribution in [3.8, 4) is 0 Å². The van der Waals surface area contributed by atoms with Gasteiger partial charge in [-0.15, -0.1) is 0 Å². The minimum absolute atomic E-state index is 0.115. The number of nitrogens with zero attached hydrogens (tertiary/aromatic N) is 1. The van der Waals surface area contributed by atoms with Crippen LogP contribution in [0.2, 0.25) is 0 Å². The van der Waals surface area contributed by atoms with Gasteiger partial charge in [-0.1, -0.05) is 26.0 Å². The Hall–Kier alpha value is -1.42. The molecule has 1 N–H and O–H groups in total. The Morgan fingerprint density at radius 2 is 1.90 bits per heavy atom. The highest BCUT2D eigenvalue weighted by molar-refractivity contribution is 5.92. The fraction of sp³-hybridized carbons (Fsp3) is 0.562. The molecule has 1 saturated carbocycles. The molecule has 1 aromatic carbocycles. The van der Waals surface area contributed by atoms with Crippen molar-refractivity contribution in [2.45, 2.75) is 57.3 Å². The Morgan fingerprint density at radius 3 is 2.40 bits per heavy atom. The molecule has 1 saturated heterocycles. The van der Waals surface area contributed by atoms with E-state index in [-0.39, 0.29) is 29.5 Å². The maximum absolute atomic E-state index is 13.1. The molecule has 0 radical (unpaired) electrons. The van der Waals surface area contributed by atoms with Crippen LogP contribution in [0.3, 0.4) is 0 Å². The van der Waals surface area contributed by atoms with E-state index in [1.807, 2.05) is 4.90 Å². The number of hydrogen-bond donors (Lipinski definition) is 1. The number of carbonyl (C=O) groups excluding carboxylic acids is 1. The fourth-order valence-corrected chi connectivity index (χ4v) is 3.19. The van der Waals surface area contributed by atoms with Gasteiger partial charge in [0.15, 0.2) is 0 Å². The number of nitrogens with one attached hydrogen (secondary N) is 1. The zero-order valence-corrected chi connectivity index (χ0v) is 12.0. The van der Waals surface area contributed by atoms with Crippen LogP contribution in [0.15, 0.2) is 24.3 Å². The number of carbonyl (C=O) groups is 1. The topological polar surface area (TPSA) is 32.3 Å². The lowest BCUT2D eigenvalue weighted by atomic mass is 10.1. The van der Waals surface area contributed by atoms with Gasteiger partial charge in [0.1, 0.15) is 17.5 Å². The van der Waals surface area contributed by atoms with E-state index in [1.165, 1.54) is 12.1 Å². The minimum atomic E-state index is -0.332. The van der Waals surface area contributed by atoms with Crippen LogP contribution in [0.25, 0.3) is 0 Å². The average Bonchev–Trinajstić information content (AvgIpc) is 3.18. The van der Waals surface area contributed by atoms with E-state index in [0.717, 1.165) is 31.2 Å². The van der Waals surface area contributed by atoms with Crippen LogP contribution < -0.4 is 5.32 Å². The smallest absolute Gasteiger partial charge is 0.244 e. The highest BCUT2D eigenvalue weighted by atomic mass is 19.1. The first-order chi connectivity index (χ1) is 9.61. The molecule has 1 aliphatic carbocycles. The lowest BCUT2D eigenvalue weighted by molar-refractivity contribution is -0.133. The van der Waals surface area contributed by atoms with E-state index in [1.54, 1.807) is 12.1 Å². The van der Waals surface area contributed by atoms with E-state index in [9.17, 15) is 9.18 Å². The Bertz CT molecular complexity index is 506. The number of benzene rings is 1. The summed E-state index contributed by atoms with van der Waals surface area (Å²) in [6.07, 6.45) is 3.60. The lowest BCUT2D eigenvalue weighted by Gasteiger charge is -2.31. The molecule has 2 aliphatic rings. The van der Waals surface area contributed by atoms with Crippen molar-refractivity contribution in [2.75, 3.05) is 0 Å². The number of halogens is 1. The third kappa shape index (κ3) is 2.03. The van der Waals surface area contributed by atoms with Crippen molar-refractivity contribution in [1.82, 2.24) is 10.2 Å². The highest BCUT2D eigenvalue weighted by Crippen LogP contribution is 2.47. The minimum Gasteiger partial charge on any atom is -0.318 e. The number of amides is 1. The first kappa shape index (κ1) is 13.6. The molecule has 20 heavy (non-hydrogen) atoms. The predicted molar refractivity (Wildman–Crippen MR) is 75.5 cm³/mol. The van der Waals surface area contributed by atoms with E-state index in [4.69, 9.17) is 0 Å². The van der Waals surface area contributed by atoms with Gasteiger partial charge in [0.2, 0.25) is 5.91 Å². The van der Waals surface area contributed by atoms with Gasteiger partial charge in [-0.3, -0.25) is 10.1 Å². The summed E-state index contributed by atoms with van der Waals surface area (Å²) in [5.74, 6) is -0.0196. The summed E-state index contributed by atoms with van der Waals surface area (Å²) in [6.45, 7) is 4.22. The Labute approximate surface area is 119 Å². The summed E-state index contributed by atoms with van der Waals surface area (Å²) in [5, 5.41) is 3.48. The van der Waals surface area contributed by atoms with Crippen molar-refractivity contribution < 1.29 is 9.18 Å². The largest absolute Gasteiger partial charge is 0.318 e. The molecule has 1 heterocycles. The summed E-state index contributed by atoms with van der Waals surface area (Å²) in [5.41, 5.74) is 0.636. The summed E-state index contributed by atoms with van der Waals surface area (Å²) >= 11 is 0. The molecule has 1 aliphatic heterocycles. The second-order valence-electron chi connectivity index (χ2n) is 5.86. The van der Waals surface area contributed by atoms with E-state index in [2.05, 4.69) is 19.2 Å². The monoisotopic (exact) mass is 276 g/mol. The molecule has 3 rings (SSSR count). The van der Waals surface area contributed by atoms with Gasteiger partial charge in [0.05, 0.1) is 0 Å². The molecular weight excluding hydrogens is 255 g/mol. The van der Waals surface area contributed by atoms with E-state index < -0.39 is 0 Å². The van der Waals surface area contributed by atoms with Crippen LogP contribution >= 0.6 is 0 Å². The van der Waals surface area contributed by atoms with Gasteiger partial charge >= 0.3 is 0 Å². The van der Waals surface area contributed by atoms with Gasteiger partial charge < -0.3 is 4.90 Å². The van der Waals surface area contributed by atoms with Gasteiger partial charge in [-0.25, -0.2) is 4.39 Å². The summed E-state index contributed by atoms with van der Waals surface area (Å²) in [7, 11) is 0. The van der Waals surface area contributed by atoms with Gasteiger partial charge in [0.25, 0.3) is 0 Å². The van der Waals surface area contributed by atoms with Crippen LogP contribution in [0.5, 0.6) is 0 Å². The maximum atomic E-state index is 13.1. The molecule has 1 atom stereocenters. The molecule has 0 aromatic heterocycles. The van der Waals surface area contributed by atoms with E-state index in [0.29, 0.717) is 0 Å². The van der Waals surface area contributed by atoms with Gasteiger partial charge in [-0.2, -0.15) is 0 Å². The van der Waals surface area contributed by atoms with Crippen LogP contribution in [-0.4, -0.2) is 22.4 Å². The van der Waals surface area contributed by atoms with Crippen molar-refractivity contribution in [3.05, 3.63) is 35.6 Å². The summed E-state index contributed by atoms with van der Waals surface area (Å²) in [6, 6.07) is 6.72. The van der Waals surface area contributed by atoms with Gasteiger partial charge in [-0.05, 0) is 43.4 Å². The lowest BCUT2D eigenvalue weighted by Crippen LogP contribution is -2.39. The third-order valence-corrected chi connectivity index (χ3v) is 4.61. The second kappa shape index (κ2) is 4.85. The van der Waals surface area contributed by atoms with Crippen LogP contribution in [0, 0.1) is 5.82 Å². The molecule has 1 unspecified atom stereocenters. The Balaban J connectivity index is 1.94. The van der Waals surface area contributed by atoms with Crippen LogP contribution in [-0.2, 0) is 4.79 Å². The first-order valence-corrected chi connectivity index (χ1v) is 7.47. The third-order valence-electron chi connectivity index (χ3n) is 4.61. The second-order valence-corrected chi connectivity index (χ2v) is 5.86.